The first kappa shape index (κ1) is 17.1. The lowest BCUT2D eigenvalue weighted by Crippen LogP contribution is -2.31. The molecule has 0 spiro atoms. The number of amides is 1. The molecule has 2 rings (SSSR count). The molecule has 0 aromatic heterocycles. The van der Waals surface area contributed by atoms with Gasteiger partial charge in [-0.15, -0.1) is 0 Å². The van der Waals surface area contributed by atoms with Crippen LogP contribution in [-0.4, -0.2) is 26.2 Å². The number of ether oxygens (including phenoxy) is 2. The number of rotatable bonds is 6. The molecule has 1 fully saturated rings. The van der Waals surface area contributed by atoms with Crippen molar-refractivity contribution in [3.05, 3.63) is 22.2 Å². The number of hydrogen-bond donors (Lipinski definition) is 2. The molecular weight excluding hydrogens is 348 g/mol. The van der Waals surface area contributed by atoms with E-state index in [4.69, 9.17) is 15.2 Å². The van der Waals surface area contributed by atoms with Crippen LogP contribution in [0.1, 0.15) is 31.2 Å². The van der Waals surface area contributed by atoms with Crippen molar-refractivity contribution in [2.75, 3.05) is 14.2 Å². The molecule has 1 aliphatic rings. The minimum Gasteiger partial charge on any atom is -0.493 e. The summed E-state index contributed by atoms with van der Waals surface area (Å²) in [7, 11) is 3.18. The van der Waals surface area contributed by atoms with Crippen LogP contribution in [0.5, 0.6) is 11.5 Å². The molecule has 3 N–H and O–H groups in total. The molecule has 1 aromatic rings. The Balaban J connectivity index is 1.93. The maximum atomic E-state index is 12.0. The van der Waals surface area contributed by atoms with Gasteiger partial charge in [-0.1, -0.05) is 6.42 Å². The van der Waals surface area contributed by atoms with Crippen LogP contribution in [0.4, 0.5) is 0 Å². The molecular formula is C16H23BrN2O3. The molecule has 1 saturated carbocycles. The summed E-state index contributed by atoms with van der Waals surface area (Å²) in [6, 6.07) is 3.95. The molecule has 0 bridgehead atoms. The second kappa shape index (κ2) is 7.83. The standard InChI is InChI=1S/C16H23BrN2O3/c1-21-14-7-10(6-12(17)16(14)22-2)9-19-15(20)8-11-4-3-5-13(11)18/h6-7,11,13H,3-5,8-9,18H2,1-2H3,(H,19,20)/t11-,13+/m0/s1. The molecule has 5 nitrogen and oxygen atoms in total. The zero-order valence-electron chi connectivity index (χ0n) is 13.0. The highest BCUT2D eigenvalue weighted by atomic mass is 79.9. The SMILES string of the molecule is COc1cc(CNC(=O)C[C@@H]2CCC[C@H]2N)cc(Br)c1OC. The number of halogens is 1. The third-order valence-corrected chi connectivity index (χ3v) is 4.74. The van der Waals surface area contributed by atoms with Gasteiger partial charge < -0.3 is 20.5 Å². The number of hydrogen-bond acceptors (Lipinski definition) is 4. The third kappa shape index (κ3) is 4.14. The summed E-state index contributed by atoms with van der Waals surface area (Å²) < 4.78 is 11.4. The highest BCUT2D eigenvalue weighted by Crippen LogP contribution is 2.36. The molecule has 0 heterocycles. The fraction of sp³-hybridized carbons (Fsp3) is 0.562. The first-order valence-corrected chi connectivity index (χ1v) is 8.27. The molecule has 0 radical (unpaired) electrons. The Morgan fingerprint density at radius 2 is 2.14 bits per heavy atom. The van der Waals surface area contributed by atoms with E-state index in [1.807, 2.05) is 12.1 Å². The summed E-state index contributed by atoms with van der Waals surface area (Å²) in [5, 5.41) is 2.95. The maximum absolute atomic E-state index is 12.0. The summed E-state index contributed by atoms with van der Waals surface area (Å²) in [5.74, 6) is 1.65. The number of carbonyl (C=O) groups excluding carboxylic acids is 1. The van der Waals surface area contributed by atoms with Crippen LogP contribution in [0.15, 0.2) is 16.6 Å². The predicted molar refractivity (Wildman–Crippen MR) is 89.0 cm³/mol. The first-order chi connectivity index (χ1) is 10.5. The van der Waals surface area contributed by atoms with Gasteiger partial charge in [-0.05, 0) is 52.4 Å². The molecule has 0 unspecified atom stereocenters. The van der Waals surface area contributed by atoms with Gasteiger partial charge in [0.05, 0.1) is 18.7 Å². The Hall–Kier alpha value is -1.27. The van der Waals surface area contributed by atoms with E-state index < -0.39 is 0 Å². The first-order valence-electron chi connectivity index (χ1n) is 7.47. The Morgan fingerprint density at radius 1 is 1.36 bits per heavy atom. The van der Waals surface area contributed by atoms with Crippen molar-refractivity contribution in [2.45, 2.75) is 38.3 Å². The minimum atomic E-state index is 0.0493. The van der Waals surface area contributed by atoms with Crippen LogP contribution >= 0.6 is 15.9 Å². The largest absolute Gasteiger partial charge is 0.493 e. The molecule has 122 valence electrons. The number of nitrogens with two attached hydrogens (primary N) is 1. The second-order valence-corrected chi connectivity index (χ2v) is 6.50. The van der Waals surface area contributed by atoms with Crippen molar-refractivity contribution in [3.8, 4) is 11.5 Å². The molecule has 0 saturated heterocycles. The lowest BCUT2D eigenvalue weighted by molar-refractivity contribution is -0.122. The van der Waals surface area contributed by atoms with Crippen molar-refractivity contribution in [3.63, 3.8) is 0 Å². The molecule has 6 heteroatoms. The van der Waals surface area contributed by atoms with E-state index in [-0.39, 0.29) is 11.9 Å². The lowest BCUT2D eigenvalue weighted by Gasteiger charge is -2.15. The van der Waals surface area contributed by atoms with Crippen LogP contribution in [0.3, 0.4) is 0 Å². The number of methoxy groups -OCH3 is 2. The van der Waals surface area contributed by atoms with Gasteiger partial charge in [-0.2, -0.15) is 0 Å². The third-order valence-electron chi connectivity index (χ3n) is 4.15. The van der Waals surface area contributed by atoms with Crippen molar-refractivity contribution >= 4 is 21.8 Å². The van der Waals surface area contributed by atoms with Crippen LogP contribution in [-0.2, 0) is 11.3 Å². The van der Waals surface area contributed by atoms with E-state index in [1.165, 1.54) is 0 Å². The van der Waals surface area contributed by atoms with Crippen LogP contribution in [0, 0.1) is 5.92 Å². The van der Waals surface area contributed by atoms with Gasteiger partial charge in [-0.3, -0.25) is 4.79 Å². The van der Waals surface area contributed by atoms with Crippen LogP contribution < -0.4 is 20.5 Å². The Labute approximate surface area is 139 Å². The van der Waals surface area contributed by atoms with Gasteiger partial charge in [-0.25, -0.2) is 0 Å². The quantitative estimate of drug-likeness (QED) is 0.806. The Bertz CT molecular complexity index is 536. The zero-order chi connectivity index (χ0) is 16.1. The van der Waals surface area contributed by atoms with Crippen molar-refractivity contribution in [1.29, 1.82) is 0 Å². The van der Waals surface area contributed by atoms with E-state index >= 15 is 0 Å². The van der Waals surface area contributed by atoms with Gasteiger partial charge in [0.15, 0.2) is 11.5 Å². The van der Waals surface area contributed by atoms with Crippen LogP contribution in [0.2, 0.25) is 0 Å². The van der Waals surface area contributed by atoms with Crippen molar-refractivity contribution in [1.82, 2.24) is 5.32 Å². The summed E-state index contributed by atoms with van der Waals surface area (Å²) in [6.07, 6.45) is 3.72. The van der Waals surface area contributed by atoms with Gasteiger partial charge in [0.25, 0.3) is 0 Å². The fourth-order valence-corrected chi connectivity index (χ4v) is 3.55. The van der Waals surface area contributed by atoms with E-state index in [0.717, 1.165) is 29.3 Å². The molecule has 1 aliphatic carbocycles. The average Bonchev–Trinajstić information content (AvgIpc) is 2.89. The van der Waals surface area contributed by atoms with E-state index in [0.29, 0.717) is 30.4 Å². The zero-order valence-corrected chi connectivity index (χ0v) is 14.6. The van der Waals surface area contributed by atoms with Gasteiger partial charge in [0, 0.05) is 19.0 Å². The molecule has 0 aliphatic heterocycles. The second-order valence-electron chi connectivity index (χ2n) is 5.65. The van der Waals surface area contributed by atoms with Crippen LogP contribution in [0.25, 0.3) is 0 Å². The summed E-state index contributed by atoms with van der Waals surface area (Å²) in [5.41, 5.74) is 6.96. The van der Waals surface area contributed by atoms with Gasteiger partial charge in [0.1, 0.15) is 0 Å². The topological polar surface area (TPSA) is 73.6 Å². The molecule has 2 atom stereocenters. The van der Waals surface area contributed by atoms with Crippen molar-refractivity contribution < 1.29 is 14.3 Å². The molecule has 1 amide bonds. The Kier molecular flexibility index (Phi) is 6.08. The monoisotopic (exact) mass is 370 g/mol. The highest BCUT2D eigenvalue weighted by Gasteiger charge is 2.25. The summed E-state index contributed by atoms with van der Waals surface area (Å²) in [6.45, 7) is 0.458. The molecule has 22 heavy (non-hydrogen) atoms. The normalized spacial score (nSPS) is 20.7. The lowest BCUT2D eigenvalue weighted by atomic mass is 10.00. The smallest absolute Gasteiger partial charge is 0.220 e. The minimum absolute atomic E-state index is 0.0493. The number of carbonyl (C=O) groups is 1. The van der Waals surface area contributed by atoms with Gasteiger partial charge in [0.2, 0.25) is 5.91 Å². The Morgan fingerprint density at radius 3 is 2.73 bits per heavy atom. The predicted octanol–water partition coefficient (Wildman–Crippen LogP) is 2.60. The number of nitrogens with one attached hydrogen (secondary N) is 1. The van der Waals surface area contributed by atoms with E-state index in [1.54, 1.807) is 14.2 Å². The average molecular weight is 371 g/mol. The summed E-state index contributed by atoms with van der Waals surface area (Å²) in [4.78, 5) is 12.0. The van der Waals surface area contributed by atoms with E-state index in [2.05, 4.69) is 21.2 Å². The fourth-order valence-electron chi connectivity index (χ4n) is 2.90. The van der Waals surface area contributed by atoms with Crippen molar-refractivity contribution in [2.24, 2.45) is 11.7 Å². The summed E-state index contributed by atoms with van der Waals surface area (Å²) >= 11 is 3.45. The molecule has 1 aromatic carbocycles. The highest BCUT2D eigenvalue weighted by molar-refractivity contribution is 9.10. The van der Waals surface area contributed by atoms with Gasteiger partial charge >= 0.3 is 0 Å². The number of benzene rings is 1. The maximum Gasteiger partial charge on any atom is 0.220 e. The van der Waals surface area contributed by atoms with E-state index in [9.17, 15) is 4.79 Å².